The molecule has 1 aliphatic carbocycles. The summed E-state index contributed by atoms with van der Waals surface area (Å²) in [5.74, 6) is 0. The molecule has 0 aromatic heterocycles. The second-order valence-electron chi connectivity index (χ2n) is 2.53. The minimum atomic E-state index is 0.931. The van der Waals surface area contributed by atoms with Crippen LogP contribution in [0.5, 0.6) is 0 Å². The van der Waals surface area contributed by atoms with E-state index in [9.17, 15) is 0 Å². The van der Waals surface area contributed by atoms with Crippen LogP contribution in [0.25, 0.3) is 0 Å². The van der Waals surface area contributed by atoms with Gasteiger partial charge >= 0.3 is 0 Å². The summed E-state index contributed by atoms with van der Waals surface area (Å²) < 4.78 is 4.53. The largest absolute Gasteiger partial charge is 0.471 e. The van der Waals surface area contributed by atoms with E-state index < -0.39 is 0 Å². The first-order valence-corrected chi connectivity index (χ1v) is 5.45. The normalized spacial score (nSPS) is 18.7. The average molecular weight is 162 g/mol. The Morgan fingerprint density at radius 3 is 0.889 bits per heavy atom. The highest BCUT2D eigenvalue weighted by atomic mass is 28.3. The molecule has 1 saturated carbocycles. The molecule has 0 aliphatic heterocycles. The van der Waals surface area contributed by atoms with Crippen molar-refractivity contribution in [3.05, 3.63) is 0 Å². The van der Waals surface area contributed by atoms with Crippen molar-refractivity contribution >= 4 is 21.0 Å². The molecule has 0 aromatic rings. The molecular weight excluding hydrogens is 144 g/mol. The van der Waals surface area contributed by atoms with Gasteiger partial charge in [0.2, 0.25) is 0 Å². The van der Waals surface area contributed by atoms with E-state index in [0.717, 1.165) is 21.0 Å². The molecule has 56 valence electrons. The molecule has 9 heavy (non-hydrogen) atoms. The van der Waals surface area contributed by atoms with Crippen LogP contribution in [0.4, 0.5) is 0 Å². The predicted octanol–water partition coefficient (Wildman–Crippen LogP) is -0.0956. The Morgan fingerprint density at radius 1 is 0.667 bits per heavy atom. The quantitative estimate of drug-likeness (QED) is 0.452. The zero-order chi connectivity index (χ0) is 6.95. The maximum atomic E-state index is 4.53. The summed E-state index contributed by atoms with van der Waals surface area (Å²) in [6, 6.07) is 0. The fourth-order valence-corrected chi connectivity index (χ4v) is 1.06. The maximum Gasteiger partial charge on any atom is 0.129 e. The number of rotatable bonds is 0. The molecule has 0 aromatic carbocycles. The average Bonchev–Trinajstić information content (AvgIpc) is 1.93. The van der Waals surface area contributed by atoms with Crippen LogP contribution in [-0.2, 0) is 4.12 Å². The fourth-order valence-electron chi connectivity index (χ4n) is 1.06. The van der Waals surface area contributed by atoms with Crippen LogP contribution in [0, 0.1) is 0 Å². The predicted molar refractivity (Wildman–Crippen MR) is 48.7 cm³/mol. The highest BCUT2D eigenvalue weighted by Crippen LogP contribution is 2.15. The van der Waals surface area contributed by atoms with Crippen molar-refractivity contribution in [2.45, 2.75) is 38.5 Å². The lowest BCUT2D eigenvalue weighted by molar-refractivity contribution is 0.504. The van der Waals surface area contributed by atoms with Gasteiger partial charge in [-0.3, -0.25) is 0 Å². The standard InChI is InChI=1S/C6H12.H6OSi2/c1-2-4-6-5-3-1;2-1-3/h1-6H2;2-3H3. The molecule has 0 N–H and O–H groups in total. The molecule has 0 unspecified atom stereocenters. The summed E-state index contributed by atoms with van der Waals surface area (Å²) in [4.78, 5) is 0. The molecule has 0 radical (unpaired) electrons. The van der Waals surface area contributed by atoms with E-state index in [1.807, 2.05) is 0 Å². The number of hydrogen-bond acceptors (Lipinski definition) is 1. The van der Waals surface area contributed by atoms with Gasteiger partial charge in [0.15, 0.2) is 0 Å². The van der Waals surface area contributed by atoms with E-state index in [4.69, 9.17) is 0 Å². The molecule has 3 heteroatoms. The van der Waals surface area contributed by atoms with Crippen LogP contribution >= 0.6 is 0 Å². The highest BCUT2D eigenvalue weighted by Gasteiger charge is 1.95. The minimum absolute atomic E-state index is 0.931. The van der Waals surface area contributed by atoms with Gasteiger partial charge in [0.1, 0.15) is 21.0 Å². The summed E-state index contributed by atoms with van der Waals surface area (Å²) in [6.45, 7) is 0. The van der Waals surface area contributed by atoms with Gasteiger partial charge in [0, 0.05) is 0 Å². The van der Waals surface area contributed by atoms with Crippen molar-refractivity contribution in [2.24, 2.45) is 0 Å². The van der Waals surface area contributed by atoms with Gasteiger partial charge in [-0.15, -0.1) is 0 Å². The van der Waals surface area contributed by atoms with E-state index >= 15 is 0 Å². The van der Waals surface area contributed by atoms with Crippen molar-refractivity contribution < 1.29 is 4.12 Å². The summed E-state index contributed by atoms with van der Waals surface area (Å²) in [6.07, 6.45) is 9.00. The third kappa shape index (κ3) is 8.39. The third-order valence-electron chi connectivity index (χ3n) is 1.50. The van der Waals surface area contributed by atoms with Gasteiger partial charge in [-0.1, -0.05) is 38.5 Å². The van der Waals surface area contributed by atoms with Gasteiger partial charge in [-0.25, -0.2) is 0 Å². The SMILES string of the molecule is C1CCCCC1.[SiH3]O[SiH3]. The lowest BCUT2D eigenvalue weighted by Crippen LogP contribution is -1.85. The van der Waals surface area contributed by atoms with Gasteiger partial charge in [0.05, 0.1) is 0 Å². The molecule has 0 spiro atoms. The fraction of sp³-hybridized carbons (Fsp3) is 1.00. The first-order chi connectivity index (χ1) is 4.41. The van der Waals surface area contributed by atoms with Gasteiger partial charge in [-0.05, 0) is 0 Å². The van der Waals surface area contributed by atoms with Crippen LogP contribution in [0.15, 0.2) is 0 Å². The second kappa shape index (κ2) is 8.39. The third-order valence-corrected chi connectivity index (χ3v) is 1.50. The van der Waals surface area contributed by atoms with Crippen LogP contribution in [0.1, 0.15) is 38.5 Å². The van der Waals surface area contributed by atoms with E-state index in [-0.39, 0.29) is 0 Å². The second-order valence-corrected chi connectivity index (χ2v) is 5.80. The Bertz CT molecular complexity index is 34.8. The van der Waals surface area contributed by atoms with E-state index in [2.05, 4.69) is 4.12 Å². The summed E-state index contributed by atoms with van der Waals surface area (Å²) in [7, 11) is 1.86. The molecule has 1 aliphatic rings. The first-order valence-electron chi connectivity index (χ1n) is 3.82. The highest BCUT2D eigenvalue weighted by molar-refractivity contribution is 6.15. The van der Waals surface area contributed by atoms with E-state index in [1.54, 1.807) is 0 Å². The Balaban J connectivity index is 0.000000187. The van der Waals surface area contributed by atoms with Crippen LogP contribution in [-0.4, -0.2) is 21.0 Å². The smallest absolute Gasteiger partial charge is 0.129 e. The molecule has 1 fully saturated rings. The Morgan fingerprint density at radius 2 is 0.778 bits per heavy atom. The van der Waals surface area contributed by atoms with E-state index in [1.165, 1.54) is 38.5 Å². The summed E-state index contributed by atoms with van der Waals surface area (Å²) >= 11 is 0. The number of hydrogen-bond donors (Lipinski definition) is 0. The molecular formula is C6H18OSi2. The van der Waals surface area contributed by atoms with Crippen LogP contribution in [0.2, 0.25) is 0 Å². The summed E-state index contributed by atoms with van der Waals surface area (Å²) in [5.41, 5.74) is 0. The Labute approximate surface area is 64.3 Å². The van der Waals surface area contributed by atoms with Crippen molar-refractivity contribution in [3.8, 4) is 0 Å². The molecule has 0 heterocycles. The Hall–Kier alpha value is 0.394. The molecule has 0 saturated heterocycles. The Kier molecular flexibility index (Phi) is 8.76. The van der Waals surface area contributed by atoms with E-state index in [0.29, 0.717) is 0 Å². The van der Waals surface area contributed by atoms with Crippen molar-refractivity contribution in [1.29, 1.82) is 0 Å². The zero-order valence-electron chi connectivity index (χ0n) is 6.65. The minimum Gasteiger partial charge on any atom is -0.471 e. The molecule has 0 atom stereocenters. The molecule has 0 bridgehead atoms. The topological polar surface area (TPSA) is 9.23 Å². The van der Waals surface area contributed by atoms with Crippen LogP contribution in [0.3, 0.4) is 0 Å². The summed E-state index contributed by atoms with van der Waals surface area (Å²) in [5, 5.41) is 0. The van der Waals surface area contributed by atoms with Crippen molar-refractivity contribution in [1.82, 2.24) is 0 Å². The molecule has 1 rings (SSSR count). The van der Waals surface area contributed by atoms with Crippen molar-refractivity contribution in [3.63, 3.8) is 0 Å². The lowest BCUT2D eigenvalue weighted by atomic mass is 10.0. The zero-order valence-corrected chi connectivity index (χ0v) is 10.7. The maximum absolute atomic E-state index is 4.53. The first kappa shape index (κ1) is 9.39. The van der Waals surface area contributed by atoms with Crippen LogP contribution < -0.4 is 0 Å². The van der Waals surface area contributed by atoms with Crippen molar-refractivity contribution in [2.75, 3.05) is 0 Å². The molecule has 0 amide bonds. The van der Waals surface area contributed by atoms with Gasteiger partial charge in [0.25, 0.3) is 0 Å². The van der Waals surface area contributed by atoms with Gasteiger partial charge in [-0.2, -0.15) is 0 Å². The monoisotopic (exact) mass is 162 g/mol. The lowest BCUT2D eigenvalue weighted by Gasteiger charge is -2.05. The molecule has 1 nitrogen and oxygen atoms in total. The van der Waals surface area contributed by atoms with Gasteiger partial charge < -0.3 is 4.12 Å².